The van der Waals surface area contributed by atoms with Gasteiger partial charge in [-0.3, -0.25) is 9.78 Å². The summed E-state index contributed by atoms with van der Waals surface area (Å²) in [5.41, 5.74) is 1.05. The van der Waals surface area contributed by atoms with E-state index in [1.54, 1.807) is 6.92 Å². The number of carbonyl (C=O) groups excluding carboxylic acids is 1. The topological polar surface area (TPSA) is 49.3 Å². The molecule has 2 fully saturated rings. The van der Waals surface area contributed by atoms with Gasteiger partial charge in [-0.15, -0.1) is 0 Å². The number of anilines is 1. The van der Waals surface area contributed by atoms with E-state index in [0.717, 1.165) is 50.5 Å². The Bertz CT molecular complexity index is 482. The Balaban J connectivity index is 1.58. The summed E-state index contributed by atoms with van der Waals surface area (Å²) in [5.74, 6) is 1.72. The van der Waals surface area contributed by atoms with Crippen LogP contribution < -0.4 is 4.90 Å². The number of nitrogens with zero attached hydrogens (tertiary/aromatic N) is 4. The molecule has 21 heavy (non-hydrogen) atoms. The first-order chi connectivity index (χ1) is 10.2. The van der Waals surface area contributed by atoms with E-state index in [0.29, 0.717) is 5.92 Å². The lowest BCUT2D eigenvalue weighted by Gasteiger charge is -2.31. The van der Waals surface area contributed by atoms with Gasteiger partial charge in [0.1, 0.15) is 5.82 Å². The molecule has 0 radical (unpaired) electrons. The Kier molecular flexibility index (Phi) is 4.36. The maximum Gasteiger partial charge on any atom is 0.219 e. The van der Waals surface area contributed by atoms with Crippen LogP contribution in [0.1, 0.15) is 38.3 Å². The molecule has 0 bridgehead atoms. The molecule has 2 aliphatic heterocycles. The molecule has 0 unspecified atom stereocenters. The Labute approximate surface area is 126 Å². The van der Waals surface area contributed by atoms with Crippen molar-refractivity contribution in [1.29, 1.82) is 0 Å². The maximum atomic E-state index is 11.5. The number of amides is 1. The number of hydrogen-bond acceptors (Lipinski definition) is 4. The average molecular weight is 288 g/mol. The lowest BCUT2D eigenvalue weighted by atomic mass is 9.93. The molecule has 1 aromatic rings. The van der Waals surface area contributed by atoms with Gasteiger partial charge < -0.3 is 9.80 Å². The average Bonchev–Trinajstić information content (AvgIpc) is 3.02. The summed E-state index contributed by atoms with van der Waals surface area (Å²) in [6.07, 6.45) is 9.55. The van der Waals surface area contributed by atoms with Crippen LogP contribution in [0.5, 0.6) is 0 Å². The Hall–Kier alpha value is -1.65. The van der Waals surface area contributed by atoms with Crippen molar-refractivity contribution >= 4 is 11.7 Å². The fourth-order valence-corrected chi connectivity index (χ4v) is 3.38. The van der Waals surface area contributed by atoms with Crippen molar-refractivity contribution in [2.75, 3.05) is 31.1 Å². The number of rotatable bonds is 3. The van der Waals surface area contributed by atoms with Gasteiger partial charge in [-0.2, -0.15) is 0 Å². The molecule has 5 heteroatoms. The van der Waals surface area contributed by atoms with E-state index in [9.17, 15) is 4.79 Å². The van der Waals surface area contributed by atoms with Gasteiger partial charge >= 0.3 is 0 Å². The SMILES string of the molecule is CC(=O)N1CCC[C@H](Cc2cnc(N3CCCC3)cn2)C1. The van der Waals surface area contributed by atoms with Crippen molar-refractivity contribution in [3.63, 3.8) is 0 Å². The van der Waals surface area contributed by atoms with Gasteiger partial charge in [0.2, 0.25) is 5.91 Å². The molecule has 3 heterocycles. The van der Waals surface area contributed by atoms with Crippen LogP contribution in [-0.2, 0) is 11.2 Å². The Morgan fingerprint density at radius 2 is 2.00 bits per heavy atom. The van der Waals surface area contributed by atoms with Crippen molar-refractivity contribution in [3.05, 3.63) is 18.1 Å². The number of piperidine rings is 1. The van der Waals surface area contributed by atoms with Gasteiger partial charge in [-0.05, 0) is 38.0 Å². The van der Waals surface area contributed by atoms with Gasteiger partial charge in [-0.25, -0.2) is 4.98 Å². The highest BCUT2D eigenvalue weighted by Crippen LogP contribution is 2.21. The van der Waals surface area contributed by atoms with E-state index >= 15 is 0 Å². The molecule has 0 spiro atoms. The normalized spacial score (nSPS) is 22.6. The minimum atomic E-state index is 0.190. The summed E-state index contributed by atoms with van der Waals surface area (Å²) >= 11 is 0. The largest absolute Gasteiger partial charge is 0.355 e. The first-order valence-corrected chi connectivity index (χ1v) is 8.04. The van der Waals surface area contributed by atoms with Crippen LogP contribution >= 0.6 is 0 Å². The molecule has 0 N–H and O–H groups in total. The second kappa shape index (κ2) is 6.41. The quantitative estimate of drug-likeness (QED) is 0.852. The van der Waals surface area contributed by atoms with Crippen LogP contribution in [0, 0.1) is 5.92 Å². The molecule has 5 nitrogen and oxygen atoms in total. The Morgan fingerprint density at radius 1 is 1.19 bits per heavy atom. The molecule has 0 aromatic carbocycles. The van der Waals surface area contributed by atoms with Crippen molar-refractivity contribution in [2.24, 2.45) is 5.92 Å². The maximum absolute atomic E-state index is 11.5. The molecule has 2 saturated heterocycles. The van der Waals surface area contributed by atoms with Crippen LogP contribution in [0.15, 0.2) is 12.4 Å². The molecule has 2 aliphatic rings. The molecular formula is C16H24N4O. The van der Waals surface area contributed by atoms with Crippen LogP contribution in [0.25, 0.3) is 0 Å². The third kappa shape index (κ3) is 3.52. The van der Waals surface area contributed by atoms with Crippen molar-refractivity contribution in [3.8, 4) is 0 Å². The van der Waals surface area contributed by atoms with Gasteiger partial charge in [0.05, 0.1) is 18.1 Å². The predicted octanol–water partition coefficient (Wildman–Crippen LogP) is 1.88. The fourth-order valence-electron chi connectivity index (χ4n) is 3.38. The summed E-state index contributed by atoms with van der Waals surface area (Å²) in [6, 6.07) is 0. The molecule has 1 aromatic heterocycles. The number of hydrogen-bond donors (Lipinski definition) is 0. The monoisotopic (exact) mass is 288 g/mol. The standard InChI is InChI=1S/C16H24N4O/c1-13(21)20-8-4-5-14(12-20)9-15-10-18-16(11-17-15)19-6-2-3-7-19/h10-11,14H,2-9,12H2,1H3/t14-/m1/s1. The van der Waals surface area contributed by atoms with E-state index in [2.05, 4.69) is 14.9 Å². The van der Waals surface area contributed by atoms with Crippen molar-refractivity contribution < 1.29 is 4.79 Å². The van der Waals surface area contributed by atoms with E-state index < -0.39 is 0 Å². The molecule has 1 amide bonds. The smallest absolute Gasteiger partial charge is 0.219 e. The lowest BCUT2D eigenvalue weighted by molar-refractivity contribution is -0.130. The molecule has 0 saturated carbocycles. The van der Waals surface area contributed by atoms with Gasteiger partial charge in [0.25, 0.3) is 0 Å². The minimum Gasteiger partial charge on any atom is -0.355 e. The van der Waals surface area contributed by atoms with Gasteiger partial charge in [0.15, 0.2) is 0 Å². The zero-order chi connectivity index (χ0) is 14.7. The second-order valence-corrected chi connectivity index (χ2v) is 6.24. The fraction of sp³-hybridized carbons (Fsp3) is 0.688. The minimum absolute atomic E-state index is 0.190. The summed E-state index contributed by atoms with van der Waals surface area (Å²) in [4.78, 5) is 24.9. The molecule has 3 rings (SSSR count). The highest BCUT2D eigenvalue weighted by molar-refractivity contribution is 5.73. The van der Waals surface area contributed by atoms with E-state index in [1.807, 2.05) is 17.3 Å². The zero-order valence-electron chi connectivity index (χ0n) is 12.8. The van der Waals surface area contributed by atoms with Crippen molar-refractivity contribution in [1.82, 2.24) is 14.9 Å². The van der Waals surface area contributed by atoms with Crippen LogP contribution in [-0.4, -0.2) is 47.0 Å². The lowest BCUT2D eigenvalue weighted by Crippen LogP contribution is -2.39. The number of carbonyl (C=O) groups is 1. The molecule has 114 valence electrons. The number of likely N-dealkylation sites (tertiary alicyclic amines) is 1. The summed E-state index contributed by atoms with van der Waals surface area (Å²) < 4.78 is 0. The van der Waals surface area contributed by atoms with Crippen LogP contribution in [0.2, 0.25) is 0 Å². The highest BCUT2D eigenvalue weighted by atomic mass is 16.2. The van der Waals surface area contributed by atoms with Crippen LogP contribution in [0.4, 0.5) is 5.82 Å². The van der Waals surface area contributed by atoms with E-state index in [1.165, 1.54) is 19.3 Å². The zero-order valence-corrected chi connectivity index (χ0v) is 12.8. The third-order valence-electron chi connectivity index (χ3n) is 4.58. The predicted molar refractivity (Wildman–Crippen MR) is 82.2 cm³/mol. The summed E-state index contributed by atoms with van der Waals surface area (Å²) in [7, 11) is 0. The van der Waals surface area contributed by atoms with Crippen LogP contribution in [0.3, 0.4) is 0 Å². The van der Waals surface area contributed by atoms with E-state index in [4.69, 9.17) is 0 Å². The highest BCUT2D eigenvalue weighted by Gasteiger charge is 2.22. The summed E-state index contributed by atoms with van der Waals surface area (Å²) in [5, 5.41) is 0. The number of aromatic nitrogens is 2. The third-order valence-corrected chi connectivity index (χ3v) is 4.58. The van der Waals surface area contributed by atoms with Gasteiger partial charge in [0, 0.05) is 33.1 Å². The Morgan fingerprint density at radius 3 is 2.67 bits per heavy atom. The van der Waals surface area contributed by atoms with E-state index in [-0.39, 0.29) is 5.91 Å². The molecular weight excluding hydrogens is 264 g/mol. The molecule has 0 aliphatic carbocycles. The van der Waals surface area contributed by atoms with Crippen molar-refractivity contribution in [2.45, 2.75) is 39.0 Å². The molecule has 1 atom stereocenters. The van der Waals surface area contributed by atoms with Gasteiger partial charge in [-0.1, -0.05) is 0 Å². The first kappa shape index (κ1) is 14.3. The first-order valence-electron chi connectivity index (χ1n) is 8.04. The second-order valence-electron chi connectivity index (χ2n) is 6.24. The summed E-state index contributed by atoms with van der Waals surface area (Å²) in [6.45, 7) is 5.64.